The van der Waals surface area contributed by atoms with Gasteiger partial charge in [-0.1, -0.05) is 6.07 Å². The first kappa shape index (κ1) is 21.0. The van der Waals surface area contributed by atoms with Gasteiger partial charge in [-0.2, -0.15) is 26.3 Å². The van der Waals surface area contributed by atoms with Gasteiger partial charge >= 0.3 is 19.9 Å². The monoisotopic (exact) mass is 379 g/mol. The van der Waals surface area contributed by atoms with Crippen LogP contribution in [0.2, 0.25) is 0 Å². The van der Waals surface area contributed by atoms with Crippen LogP contribution >= 0.6 is 7.60 Å². The molecule has 1 rings (SSSR count). The fourth-order valence-corrected chi connectivity index (χ4v) is 3.65. The molecule has 0 aliphatic rings. The van der Waals surface area contributed by atoms with Crippen molar-refractivity contribution in [1.29, 1.82) is 0 Å². The quantitative estimate of drug-likeness (QED) is 0.561. The number of nitrogens with two attached hydrogens (primary N) is 1. The summed E-state index contributed by atoms with van der Waals surface area (Å²) in [7, 11) is -4.19. The lowest BCUT2D eigenvalue weighted by molar-refractivity contribution is -0.143. The van der Waals surface area contributed by atoms with Crippen molar-refractivity contribution in [2.75, 3.05) is 13.2 Å². The molecule has 0 radical (unpaired) electrons. The summed E-state index contributed by atoms with van der Waals surface area (Å²) < 4.78 is 99.7. The third kappa shape index (κ3) is 4.72. The topological polar surface area (TPSA) is 61.5 Å². The summed E-state index contributed by atoms with van der Waals surface area (Å²) in [6, 6.07) is 0.908. The van der Waals surface area contributed by atoms with Crippen LogP contribution in [0.3, 0.4) is 0 Å². The minimum Gasteiger partial charge on any atom is -0.314 e. The third-order valence-corrected chi connectivity index (χ3v) is 5.16. The Morgan fingerprint density at radius 1 is 1.04 bits per heavy atom. The summed E-state index contributed by atoms with van der Waals surface area (Å²) in [4.78, 5) is 0. The SMILES string of the molecule is CCOP(=O)(OCC)[C@H](N)c1ccc(C(F)(F)F)cc1C(F)(F)F. The first-order chi connectivity index (χ1) is 10.9. The minimum absolute atomic E-state index is 0.0720. The molecule has 0 aliphatic heterocycles. The number of alkyl halides is 6. The van der Waals surface area contributed by atoms with E-state index in [2.05, 4.69) is 0 Å². The number of rotatable bonds is 6. The zero-order valence-corrected chi connectivity index (χ0v) is 13.6. The maximum absolute atomic E-state index is 13.1. The first-order valence-corrected chi connectivity index (χ1v) is 8.40. The summed E-state index contributed by atoms with van der Waals surface area (Å²) in [5.74, 6) is -1.88. The van der Waals surface area contributed by atoms with Crippen LogP contribution < -0.4 is 5.73 Å². The third-order valence-electron chi connectivity index (χ3n) is 2.96. The smallest absolute Gasteiger partial charge is 0.314 e. The zero-order valence-electron chi connectivity index (χ0n) is 12.7. The highest BCUT2D eigenvalue weighted by Gasteiger charge is 2.43. The molecule has 0 fully saturated rings. The van der Waals surface area contributed by atoms with E-state index in [1.807, 2.05) is 0 Å². The van der Waals surface area contributed by atoms with E-state index in [0.29, 0.717) is 12.1 Å². The Hall–Kier alpha value is -1.09. The van der Waals surface area contributed by atoms with E-state index >= 15 is 0 Å². The molecule has 0 saturated carbocycles. The Bertz CT molecular complexity index is 607. The molecule has 11 heteroatoms. The van der Waals surface area contributed by atoms with Gasteiger partial charge in [-0.05, 0) is 31.5 Å². The van der Waals surface area contributed by atoms with Gasteiger partial charge < -0.3 is 14.8 Å². The Morgan fingerprint density at radius 2 is 1.54 bits per heavy atom. The number of benzene rings is 1. The predicted molar refractivity (Wildman–Crippen MR) is 74.2 cm³/mol. The van der Waals surface area contributed by atoms with Crippen LogP contribution in [0.1, 0.15) is 36.3 Å². The van der Waals surface area contributed by atoms with E-state index in [9.17, 15) is 30.9 Å². The van der Waals surface area contributed by atoms with Crippen LogP contribution in [-0.2, 0) is 26.0 Å². The second kappa shape index (κ2) is 7.43. The van der Waals surface area contributed by atoms with Gasteiger partial charge in [-0.3, -0.25) is 4.57 Å². The molecule has 0 saturated heterocycles. The molecule has 24 heavy (non-hydrogen) atoms. The highest BCUT2D eigenvalue weighted by Crippen LogP contribution is 2.59. The average Bonchev–Trinajstić information content (AvgIpc) is 2.44. The van der Waals surface area contributed by atoms with Gasteiger partial charge in [0.1, 0.15) is 5.78 Å². The number of halogens is 6. The van der Waals surface area contributed by atoms with Crippen LogP contribution in [0.4, 0.5) is 26.3 Å². The van der Waals surface area contributed by atoms with Crippen LogP contribution in [-0.4, -0.2) is 13.2 Å². The van der Waals surface area contributed by atoms with Gasteiger partial charge in [-0.15, -0.1) is 0 Å². The second-order valence-electron chi connectivity index (χ2n) is 4.62. The molecule has 4 nitrogen and oxygen atoms in total. The molecule has 0 aromatic heterocycles. The van der Waals surface area contributed by atoms with Crippen molar-refractivity contribution in [3.8, 4) is 0 Å². The second-order valence-corrected chi connectivity index (χ2v) is 6.77. The Kier molecular flexibility index (Phi) is 6.49. The number of hydrogen-bond acceptors (Lipinski definition) is 4. The molecule has 1 aromatic rings. The van der Waals surface area contributed by atoms with Crippen molar-refractivity contribution in [1.82, 2.24) is 0 Å². The maximum atomic E-state index is 13.1. The fourth-order valence-electron chi connectivity index (χ4n) is 1.96. The van der Waals surface area contributed by atoms with Gasteiger partial charge in [0.15, 0.2) is 0 Å². The van der Waals surface area contributed by atoms with E-state index in [1.54, 1.807) is 0 Å². The summed E-state index contributed by atoms with van der Waals surface area (Å²) in [6.45, 7) is 2.53. The summed E-state index contributed by atoms with van der Waals surface area (Å²) in [5, 5.41) is 0. The highest BCUT2D eigenvalue weighted by molar-refractivity contribution is 7.54. The van der Waals surface area contributed by atoms with Crippen molar-refractivity contribution >= 4 is 7.60 Å². The van der Waals surface area contributed by atoms with Gasteiger partial charge in [0, 0.05) is 0 Å². The largest absolute Gasteiger partial charge is 0.416 e. The van der Waals surface area contributed by atoms with Crippen molar-refractivity contribution in [3.63, 3.8) is 0 Å². The standard InChI is InChI=1S/C13H16F6NO3P/c1-3-22-24(21,23-4-2)11(20)9-6-5-8(12(14,15)16)7-10(9)13(17,18)19/h5-7,11H,3-4,20H2,1-2H3/t11-/m0/s1. The van der Waals surface area contributed by atoms with Crippen molar-refractivity contribution in [2.45, 2.75) is 32.0 Å². The van der Waals surface area contributed by atoms with Crippen LogP contribution in [0.25, 0.3) is 0 Å². The molecule has 2 N–H and O–H groups in total. The summed E-state index contributed by atoms with van der Waals surface area (Å²) in [6.07, 6.45) is -10.1. The van der Waals surface area contributed by atoms with E-state index in [4.69, 9.17) is 14.8 Å². The van der Waals surface area contributed by atoms with Crippen molar-refractivity contribution < 1.29 is 40.0 Å². The lowest BCUT2D eigenvalue weighted by Crippen LogP contribution is -2.21. The molecule has 0 unspecified atom stereocenters. The van der Waals surface area contributed by atoms with Gasteiger partial charge in [0.2, 0.25) is 0 Å². The molecule has 0 bridgehead atoms. The fraction of sp³-hybridized carbons (Fsp3) is 0.538. The predicted octanol–water partition coefficient (Wildman–Crippen LogP) is 4.95. The highest BCUT2D eigenvalue weighted by atomic mass is 31.2. The summed E-state index contributed by atoms with van der Waals surface area (Å²) in [5.41, 5.74) is 1.69. The Labute approximate surface area is 134 Å². The Morgan fingerprint density at radius 3 is 1.92 bits per heavy atom. The molecule has 1 atom stereocenters. The molecule has 1 aromatic carbocycles. The normalized spacial score (nSPS) is 14.7. The van der Waals surface area contributed by atoms with Crippen molar-refractivity contribution in [3.05, 3.63) is 34.9 Å². The Balaban J connectivity index is 3.49. The first-order valence-electron chi connectivity index (χ1n) is 6.79. The van der Waals surface area contributed by atoms with E-state index < -0.39 is 42.4 Å². The van der Waals surface area contributed by atoms with Gasteiger partial charge in [-0.25, -0.2) is 0 Å². The molecule has 0 amide bonds. The number of hydrogen-bond donors (Lipinski definition) is 1. The van der Waals surface area contributed by atoms with Gasteiger partial charge in [0.05, 0.1) is 24.3 Å². The molecule has 138 valence electrons. The zero-order chi connectivity index (χ0) is 18.8. The molecule has 0 heterocycles. The minimum atomic E-state index is -5.13. The molecule has 0 spiro atoms. The van der Waals surface area contributed by atoms with Crippen LogP contribution in [0.5, 0.6) is 0 Å². The average molecular weight is 379 g/mol. The van der Waals surface area contributed by atoms with Gasteiger partial charge in [0.25, 0.3) is 0 Å². The van der Waals surface area contributed by atoms with E-state index in [0.717, 1.165) is 0 Å². The van der Waals surface area contributed by atoms with E-state index in [1.165, 1.54) is 13.8 Å². The lowest BCUT2D eigenvalue weighted by Gasteiger charge is -2.26. The van der Waals surface area contributed by atoms with Crippen molar-refractivity contribution in [2.24, 2.45) is 5.73 Å². The molecule has 0 aliphatic carbocycles. The molecular formula is C13H16F6NO3P. The van der Waals surface area contributed by atoms with E-state index in [-0.39, 0.29) is 19.3 Å². The van der Waals surface area contributed by atoms with Crippen LogP contribution in [0, 0.1) is 0 Å². The molecular weight excluding hydrogens is 363 g/mol. The van der Waals surface area contributed by atoms with Crippen LogP contribution in [0.15, 0.2) is 18.2 Å². The summed E-state index contributed by atoms with van der Waals surface area (Å²) >= 11 is 0. The lowest BCUT2D eigenvalue weighted by atomic mass is 10.0. The maximum Gasteiger partial charge on any atom is 0.416 e.